The maximum absolute atomic E-state index is 13.9. The predicted molar refractivity (Wildman–Crippen MR) is 214 cm³/mol. The zero-order chi connectivity index (χ0) is 43.1. The molecular formula is C40H57ClN6O10. The first-order chi connectivity index (χ1) is 26.4. The number of hydrogen-bond donors (Lipinski definition) is 7. The van der Waals surface area contributed by atoms with Crippen LogP contribution in [0.25, 0.3) is 11.1 Å². The Morgan fingerprint density at radius 1 is 0.614 bits per heavy atom. The minimum atomic E-state index is -1.37. The van der Waals surface area contributed by atoms with Crippen molar-refractivity contribution in [1.29, 1.82) is 0 Å². The number of carbonyl (C=O) groups is 7. The van der Waals surface area contributed by atoms with Crippen LogP contribution in [0, 0.1) is 5.92 Å². The molecule has 0 fully saturated rings. The Bertz CT molecular complexity index is 1700. The first-order valence-corrected chi connectivity index (χ1v) is 19.1. The van der Waals surface area contributed by atoms with Gasteiger partial charge in [0.15, 0.2) is 0 Å². The van der Waals surface area contributed by atoms with Crippen LogP contribution in [0.4, 0.5) is 9.59 Å². The highest BCUT2D eigenvalue weighted by Gasteiger charge is 2.31. The average Bonchev–Trinajstić information content (AvgIpc) is 3.08. The second-order valence-electron chi connectivity index (χ2n) is 15.9. The monoisotopic (exact) mass is 816 g/mol. The second-order valence-corrected chi connectivity index (χ2v) is 16.3. The zero-order valence-electron chi connectivity index (χ0n) is 34.0. The zero-order valence-corrected chi connectivity index (χ0v) is 34.8. The summed E-state index contributed by atoms with van der Waals surface area (Å²) in [6, 6.07) is 8.67. The molecule has 16 nitrogen and oxygen atoms in total. The van der Waals surface area contributed by atoms with E-state index in [0.717, 1.165) is 11.1 Å². The summed E-state index contributed by atoms with van der Waals surface area (Å²) in [7, 11) is 0. The number of alkyl carbamates (subject to hydrolysis) is 2. The smallest absolute Gasteiger partial charge is 0.407 e. The Hall–Kier alpha value is -5.38. The van der Waals surface area contributed by atoms with Gasteiger partial charge in [-0.25, -0.2) is 14.4 Å². The second kappa shape index (κ2) is 21.8. The van der Waals surface area contributed by atoms with Crippen LogP contribution in [-0.2, 0) is 28.7 Å². The van der Waals surface area contributed by atoms with Gasteiger partial charge in [-0.2, -0.15) is 0 Å². The summed E-state index contributed by atoms with van der Waals surface area (Å²) in [5.74, 6) is -4.32. The van der Waals surface area contributed by atoms with Crippen molar-refractivity contribution in [3.05, 3.63) is 59.1 Å². The van der Waals surface area contributed by atoms with Gasteiger partial charge in [0, 0.05) is 23.7 Å². The van der Waals surface area contributed by atoms with Crippen molar-refractivity contribution >= 4 is 53.4 Å². The maximum atomic E-state index is 13.9. The Morgan fingerprint density at radius 3 is 1.47 bits per heavy atom. The lowest BCUT2D eigenvalue weighted by Gasteiger charge is -2.26. The summed E-state index contributed by atoms with van der Waals surface area (Å²) in [6.45, 7) is 14.8. The third kappa shape index (κ3) is 18.4. The van der Waals surface area contributed by atoms with Gasteiger partial charge in [0.25, 0.3) is 5.91 Å². The molecule has 0 spiro atoms. The largest absolute Gasteiger partial charge is 0.480 e. The molecule has 0 unspecified atom stereocenters. The number of ether oxygens (including phenoxy) is 2. The SMILES string of the molecule is CC(C)C[C@H](NC(=O)[C@H](C)NC(=O)[C@H](CCNC(=O)OC(C)(C)C)NC(=O)[C@H](CCNC(=O)OC(C)(C)C)NC(=O)c1ccc(-c2ccc(Cl)cc2)cc1)C(=O)O. The molecule has 0 aliphatic heterocycles. The van der Waals surface area contributed by atoms with E-state index in [9.17, 15) is 38.7 Å². The number of carboxylic acid groups (broad SMARTS) is 1. The highest BCUT2D eigenvalue weighted by Crippen LogP contribution is 2.22. The molecule has 0 saturated carbocycles. The van der Waals surface area contributed by atoms with Crippen molar-refractivity contribution in [3.63, 3.8) is 0 Å². The van der Waals surface area contributed by atoms with Crippen molar-refractivity contribution in [1.82, 2.24) is 31.9 Å². The summed E-state index contributed by atoms with van der Waals surface area (Å²) >= 11 is 6.01. The van der Waals surface area contributed by atoms with Gasteiger partial charge < -0.3 is 46.5 Å². The predicted octanol–water partition coefficient (Wildman–Crippen LogP) is 4.54. The summed E-state index contributed by atoms with van der Waals surface area (Å²) < 4.78 is 10.5. The highest BCUT2D eigenvalue weighted by atomic mass is 35.5. The van der Waals surface area contributed by atoms with Gasteiger partial charge in [0.2, 0.25) is 17.7 Å². The van der Waals surface area contributed by atoms with E-state index in [1.165, 1.54) is 6.92 Å². The fourth-order valence-corrected chi connectivity index (χ4v) is 5.27. The Morgan fingerprint density at radius 2 is 1.04 bits per heavy atom. The number of nitrogens with one attached hydrogen (secondary N) is 6. The maximum Gasteiger partial charge on any atom is 0.407 e. The molecule has 0 aliphatic rings. The van der Waals surface area contributed by atoms with E-state index in [0.29, 0.717) is 5.02 Å². The van der Waals surface area contributed by atoms with E-state index in [2.05, 4.69) is 31.9 Å². The summed E-state index contributed by atoms with van der Waals surface area (Å²) in [5, 5.41) is 25.4. The molecule has 0 saturated heterocycles. The summed E-state index contributed by atoms with van der Waals surface area (Å²) in [5.41, 5.74) is 0.299. The summed E-state index contributed by atoms with van der Waals surface area (Å²) in [6.07, 6.45) is -1.68. The number of carbonyl (C=O) groups excluding carboxylic acids is 6. The molecule has 4 atom stereocenters. The van der Waals surface area contributed by atoms with Gasteiger partial charge >= 0.3 is 18.2 Å². The fraction of sp³-hybridized carbons (Fsp3) is 0.525. The molecule has 2 aromatic rings. The molecule has 2 aromatic carbocycles. The first-order valence-electron chi connectivity index (χ1n) is 18.7. The van der Waals surface area contributed by atoms with Crippen LogP contribution in [0.2, 0.25) is 5.02 Å². The third-order valence-corrected chi connectivity index (χ3v) is 8.11. The van der Waals surface area contributed by atoms with Crippen LogP contribution in [0.5, 0.6) is 0 Å². The van der Waals surface area contributed by atoms with Gasteiger partial charge in [0.05, 0.1) is 0 Å². The first kappa shape index (κ1) is 47.8. The number of aliphatic carboxylic acids is 1. The lowest BCUT2D eigenvalue weighted by Crippen LogP contribution is -2.58. The molecule has 7 N–H and O–H groups in total. The number of amides is 6. The van der Waals surface area contributed by atoms with E-state index < -0.39 is 77.2 Å². The van der Waals surface area contributed by atoms with Crippen LogP contribution in [0.1, 0.15) is 91.9 Å². The molecule has 0 bridgehead atoms. The van der Waals surface area contributed by atoms with Crippen molar-refractivity contribution in [2.24, 2.45) is 5.92 Å². The molecular weight excluding hydrogens is 760 g/mol. The molecule has 17 heteroatoms. The van der Waals surface area contributed by atoms with Gasteiger partial charge in [0.1, 0.15) is 35.4 Å². The van der Waals surface area contributed by atoms with E-state index in [1.807, 2.05) is 12.1 Å². The van der Waals surface area contributed by atoms with E-state index >= 15 is 0 Å². The number of carboxylic acids is 1. The molecule has 0 aromatic heterocycles. The number of halogens is 1. The summed E-state index contributed by atoms with van der Waals surface area (Å²) in [4.78, 5) is 90.4. The Kier molecular flexibility index (Phi) is 18.3. The van der Waals surface area contributed by atoms with Gasteiger partial charge in [-0.15, -0.1) is 0 Å². The molecule has 2 rings (SSSR count). The molecule has 0 radical (unpaired) electrons. The van der Waals surface area contributed by atoms with Crippen LogP contribution in [0.15, 0.2) is 48.5 Å². The Balaban J connectivity index is 2.32. The van der Waals surface area contributed by atoms with Crippen molar-refractivity contribution in [2.45, 2.75) is 117 Å². The van der Waals surface area contributed by atoms with Gasteiger partial charge in [-0.1, -0.05) is 49.7 Å². The minimum Gasteiger partial charge on any atom is -0.480 e. The fourth-order valence-electron chi connectivity index (χ4n) is 5.14. The van der Waals surface area contributed by atoms with Crippen molar-refractivity contribution in [2.75, 3.05) is 13.1 Å². The average molecular weight is 817 g/mol. The quantitative estimate of drug-likeness (QED) is 0.111. The standard InChI is InChI=1S/C40H57ClN6O10/c1-23(2)22-31(36(52)53)47-32(48)24(3)44-34(50)29(18-20-42-37(54)56-39(4,5)6)46-35(51)30(19-21-43-38(55)57-40(7,8)9)45-33(49)27-12-10-25(11-13-27)26-14-16-28(41)17-15-26/h10-17,23-24,29-31H,18-22H2,1-9H3,(H,42,54)(H,43,55)(H,44,50)(H,45,49)(H,46,51)(H,47,48)(H,52,53)/t24-,29-,30-,31-/m0/s1. The number of rotatable bonds is 18. The highest BCUT2D eigenvalue weighted by molar-refractivity contribution is 6.30. The lowest BCUT2D eigenvalue weighted by atomic mass is 10.0. The van der Waals surface area contributed by atoms with Gasteiger partial charge in [-0.3, -0.25) is 19.2 Å². The van der Waals surface area contributed by atoms with Crippen LogP contribution < -0.4 is 31.9 Å². The normalized spacial score (nSPS) is 13.5. The number of hydrogen-bond acceptors (Lipinski definition) is 9. The topological polar surface area (TPSA) is 230 Å². The Labute approximate surface area is 338 Å². The van der Waals surface area contributed by atoms with Crippen molar-refractivity contribution in [3.8, 4) is 11.1 Å². The van der Waals surface area contributed by atoms with Crippen LogP contribution in [0.3, 0.4) is 0 Å². The van der Waals surface area contributed by atoms with E-state index in [1.54, 1.807) is 91.8 Å². The molecule has 314 valence electrons. The van der Waals surface area contributed by atoms with E-state index in [4.69, 9.17) is 21.1 Å². The van der Waals surface area contributed by atoms with E-state index in [-0.39, 0.29) is 43.8 Å². The number of benzene rings is 2. The lowest BCUT2D eigenvalue weighted by molar-refractivity contribution is -0.142. The van der Waals surface area contributed by atoms with Crippen LogP contribution >= 0.6 is 11.6 Å². The molecule has 0 aliphatic carbocycles. The minimum absolute atomic E-state index is 0.0464. The molecule has 6 amide bonds. The molecule has 57 heavy (non-hydrogen) atoms. The van der Waals surface area contributed by atoms with Crippen molar-refractivity contribution < 1.29 is 48.1 Å². The third-order valence-electron chi connectivity index (χ3n) is 7.86. The van der Waals surface area contributed by atoms with Crippen LogP contribution in [-0.4, -0.2) is 95.4 Å². The molecule has 0 heterocycles. The van der Waals surface area contributed by atoms with Gasteiger partial charge in [-0.05, 0) is 109 Å².